The van der Waals surface area contributed by atoms with Gasteiger partial charge in [-0.2, -0.15) is 4.99 Å². The van der Waals surface area contributed by atoms with Crippen LogP contribution in [0.5, 0.6) is 0 Å². The lowest BCUT2D eigenvalue weighted by atomic mass is 9.95. The number of nitrogens with zero attached hydrogens (tertiary/aromatic N) is 1. The number of aryl methyl sites for hydroxylation is 1. The number of hydrogen-bond acceptors (Lipinski definition) is 3. The number of guanidine groups is 1. The molecule has 0 saturated heterocycles. The van der Waals surface area contributed by atoms with Crippen molar-refractivity contribution < 1.29 is 13.2 Å². The van der Waals surface area contributed by atoms with Crippen molar-refractivity contribution in [3.8, 4) is 11.1 Å². The number of amides is 1. The topological polar surface area (TPSA) is 142 Å². The number of benzene rings is 2. The summed E-state index contributed by atoms with van der Waals surface area (Å²) in [5, 5.41) is 5.39. The number of carbonyl (C=O) groups is 1. The number of primary sulfonamides is 1. The van der Waals surface area contributed by atoms with Crippen LogP contribution in [0.15, 0.2) is 52.4 Å². The molecule has 0 bridgehead atoms. The first-order valence-electron chi connectivity index (χ1n) is 8.13. The molecule has 0 aliphatic carbocycles. The molecule has 6 N–H and O–H groups in total. The molecular weight excluding hydrogens is 352 g/mol. The molecule has 1 amide bonds. The minimum absolute atomic E-state index is 0.135. The third-order valence-corrected chi connectivity index (χ3v) is 4.81. The molecule has 0 aliphatic rings. The fourth-order valence-corrected chi connectivity index (χ4v) is 3.42. The van der Waals surface area contributed by atoms with Crippen LogP contribution in [0, 0.1) is 0 Å². The fourth-order valence-electron chi connectivity index (χ4n) is 2.65. The van der Waals surface area contributed by atoms with E-state index >= 15 is 0 Å². The van der Waals surface area contributed by atoms with Gasteiger partial charge in [0.25, 0.3) is 5.91 Å². The van der Waals surface area contributed by atoms with Gasteiger partial charge in [0.15, 0.2) is 5.96 Å². The minimum Gasteiger partial charge on any atom is -0.370 e. The van der Waals surface area contributed by atoms with E-state index in [0.29, 0.717) is 23.1 Å². The monoisotopic (exact) mass is 374 g/mol. The van der Waals surface area contributed by atoms with E-state index in [4.69, 9.17) is 16.6 Å². The maximum atomic E-state index is 12.4. The lowest BCUT2D eigenvalue weighted by Gasteiger charge is -2.14. The summed E-state index contributed by atoms with van der Waals surface area (Å²) in [7, 11) is -4.07. The van der Waals surface area contributed by atoms with Crippen LogP contribution in [0.1, 0.15) is 35.7 Å². The van der Waals surface area contributed by atoms with E-state index in [1.165, 1.54) is 6.07 Å². The summed E-state index contributed by atoms with van der Waals surface area (Å²) in [6, 6.07) is 11.9. The van der Waals surface area contributed by atoms with Crippen LogP contribution in [0.2, 0.25) is 0 Å². The molecule has 2 aromatic carbocycles. The number of rotatable bonds is 6. The Hall–Kier alpha value is -2.71. The molecule has 0 atom stereocenters. The Labute approximate surface area is 153 Å². The van der Waals surface area contributed by atoms with E-state index in [-0.39, 0.29) is 16.4 Å². The Bertz CT molecular complexity index is 934. The highest BCUT2D eigenvalue weighted by atomic mass is 32.2. The molecule has 138 valence electrons. The van der Waals surface area contributed by atoms with E-state index < -0.39 is 15.9 Å². The zero-order chi connectivity index (χ0) is 19.3. The van der Waals surface area contributed by atoms with Crippen molar-refractivity contribution in [2.75, 3.05) is 0 Å². The molecule has 0 heterocycles. The summed E-state index contributed by atoms with van der Waals surface area (Å²) < 4.78 is 24.3. The van der Waals surface area contributed by atoms with Crippen LogP contribution in [-0.4, -0.2) is 20.3 Å². The van der Waals surface area contributed by atoms with Crippen molar-refractivity contribution >= 4 is 21.9 Å². The third kappa shape index (κ3) is 4.68. The Morgan fingerprint density at radius 2 is 1.77 bits per heavy atom. The number of hydrogen-bond donors (Lipinski definition) is 3. The van der Waals surface area contributed by atoms with Crippen molar-refractivity contribution in [1.82, 2.24) is 0 Å². The normalized spacial score (nSPS) is 11.2. The highest BCUT2D eigenvalue weighted by molar-refractivity contribution is 7.89. The summed E-state index contributed by atoms with van der Waals surface area (Å²) in [6.07, 6.45) is 2.32. The molecule has 2 rings (SSSR count). The summed E-state index contributed by atoms with van der Waals surface area (Å²) in [4.78, 5) is 15.8. The van der Waals surface area contributed by atoms with Gasteiger partial charge in [-0.3, -0.25) is 4.79 Å². The van der Waals surface area contributed by atoms with E-state index in [2.05, 4.69) is 4.99 Å². The fraction of sp³-hybridized carbons (Fsp3) is 0.222. The predicted octanol–water partition coefficient (Wildman–Crippen LogP) is 1.76. The molecule has 0 aromatic heterocycles. The summed E-state index contributed by atoms with van der Waals surface area (Å²) in [5.41, 5.74) is 12.5. The third-order valence-electron chi connectivity index (χ3n) is 3.86. The van der Waals surface area contributed by atoms with E-state index in [1.54, 1.807) is 30.3 Å². The van der Waals surface area contributed by atoms with Gasteiger partial charge in [-0.25, -0.2) is 13.6 Å². The van der Waals surface area contributed by atoms with Crippen LogP contribution < -0.4 is 16.6 Å². The van der Waals surface area contributed by atoms with Crippen LogP contribution in [0.25, 0.3) is 11.1 Å². The molecule has 0 spiro atoms. The highest BCUT2D eigenvalue weighted by Crippen LogP contribution is 2.31. The molecular formula is C18H22N4O3S. The van der Waals surface area contributed by atoms with Crippen molar-refractivity contribution in [2.24, 2.45) is 21.6 Å². The lowest BCUT2D eigenvalue weighted by molar-refractivity contribution is 0.100. The molecule has 2 aromatic rings. The summed E-state index contributed by atoms with van der Waals surface area (Å²) >= 11 is 0. The number of carbonyl (C=O) groups excluding carboxylic acids is 1. The van der Waals surface area contributed by atoms with Gasteiger partial charge in [0.1, 0.15) is 0 Å². The Morgan fingerprint density at radius 1 is 1.12 bits per heavy atom. The summed E-state index contributed by atoms with van der Waals surface area (Å²) in [6.45, 7) is 2.02. The van der Waals surface area contributed by atoms with Crippen LogP contribution in [-0.2, 0) is 16.4 Å². The smallest absolute Gasteiger partial charge is 0.280 e. The van der Waals surface area contributed by atoms with Crippen molar-refractivity contribution in [1.29, 1.82) is 0 Å². The highest BCUT2D eigenvalue weighted by Gasteiger charge is 2.22. The van der Waals surface area contributed by atoms with Gasteiger partial charge in [0.2, 0.25) is 10.0 Å². The molecule has 7 nitrogen and oxygen atoms in total. The van der Waals surface area contributed by atoms with Gasteiger partial charge >= 0.3 is 0 Å². The average molecular weight is 374 g/mol. The van der Waals surface area contributed by atoms with Crippen LogP contribution >= 0.6 is 0 Å². The largest absolute Gasteiger partial charge is 0.370 e. The number of sulfonamides is 1. The summed E-state index contributed by atoms with van der Waals surface area (Å²) in [5.74, 6) is -1.08. The SMILES string of the molecule is CCCCc1cc(-c2ccccc2)c(S(N)(=O)=O)cc1C(=O)N=C(N)N. The van der Waals surface area contributed by atoms with Gasteiger partial charge in [-0.05, 0) is 36.1 Å². The van der Waals surface area contributed by atoms with Crippen LogP contribution in [0.3, 0.4) is 0 Å². The Kier molecular flexibility index (Phi) is 6.12. The Morgan fingerprint density at radius 3 is 2.31 bits per heavy atom. The molecule has 8 heteroatoms. The Balaban J connectivity index is 2.77. The van der Waals surface area contributed by atoms with Crippen LogP contribution in [0.4, 0.5) is 0 Å². The molecule has 0 saturated carbocycles. The zero-order valence-electron chi connectivity index (χ0n) is 14.5. The maximum Gasteiger partial charge on any atom is 0.280 e. The number of unbranched alkanes of at least 4 members (excludes halogenated alkanes) is 1. The van der Waals surface area contributed by atoms with Crippen molar-refractivity contribution in [2.45, 2.75) is 31.1 Å². The van der Waals surface area contributed by atoms with Crippen molar-refractivity contribution in [3.63, 3.8) is 0 Å². The lowest BCUT2D eigenvalue weighted by Crippen LogP contribution is -2.24. The van der Waals surface area contributed by atoms with Crippen molar-refractivity contribution in [3.05, 3.63) is 53.6 Å². The van der Waals surface area contributed by atoms with E-state index in [9.17, 15) is 13.2 Å². The van der Waals surface area contributed by atoms with Gasteiger partial charge in [-0.15, -0.1) is 0 Å². The first-order valence-corrected chi connectivity index (χ1v) is 9.67. The second-order valence-electron chi connectivity index (χ2n) is 5.86. The minimum atomic E-state index is -4.07. The van der Waals surface area contributed by atoms with Gasteiger partial charge < -0.3 is 11.5 Å². The number of nitrogens with two attached hydrogens (primary N) is 3. The average Bonchev–Trinajstić information content (AvgIpc) is 2.58. The molecule has 0 aliphatic heterocycles. The van der Waals surface area contributed by atoms with Gasteiger partial charge in [0.05, 0.1) is 4.90 Å². The first-order chi connectivity index (χ1) is 12.2. The molecule has 0 fully saturated rings. The molecule has 0 unspecified atom stereocenters. The second kappa shape index (κ2) is 8.11. The zero-order valence-corrected chi connectivity index (χ0v) is 15.3. The van der Waals surface area contributed by atoms with E-state index in [0.717, 1.165) is 12.8 Å². The standard InChI is InChI=1S/C18H22N4O3S/c1-2-3-7-13-10-14(12-8-5-4-6-9-12)16(26(21,24)25)11-15(13)17(23)22-18(19)20/h4-6,8-11H,2-3,7H2,1H3,(H2,21,24,25)(H4,19,20,22,23). The van der Waals surface area contributed by atoms with Gasteiger partial charge in [-0.1, -0.05) is 43.7 Å². The second-order valence-corrected chi connectivity index (χ2v) is 7.39. The van der Waals surface area contributed by atoms with E-state index in [1.807, 2.05) is 13.0 Å². The maximum absolute atomic E-state index is 12.4. The molecule has 0 radical (unpaired) electrons. The van der Waals surface area contributed by atoms with Gasteiger partial charge in [0, 0.05) is 11.1 Å². The predicted molar refractivity (Wildman–Crippen MR) is 102 cm³/mol. The number of aliphatic imine (C=N–C) groups is 1. The quantitative estimate of drug-likeness (QED) is 0.521. The first kappa shape index (κ1) is 19.6. The molecule has 26 heavy (non-hydrogen) atoms.